The van der Waals surface area contributed by atoms with Crippen molar-refractivity contribution in [1.82, 2.24) is 4.90 Å². The molecule has 0 spiro atoms. The number of hydrogen-bond acceptors (Lipinski definition) is 2. The normalized spacial score (nSPS) is 19.4. The highest BCUT2D eigenvalue weighted by atomic mass is 35.5. The first-order chi connectivity index (χ1) is 9.72. The number of Topliss-reactive ketones (excluding diaryl/α,β-unsaturated/α-hetero) is 1. The van der Waals surface area contributed by atoms with Crippen molar-refractivity contribution in [3.63, 3.8) is 0 Å². The number of rotatable bonds is 3. The maximum atomic E-state index is 11.8. The molecule has 20 heavy (non-hydrogen) atoms. The van der Waals surface area contributed by atoms with Crippen LogP contribution in [0, 0.1) is 0 Å². The average Bonchev–Trinajstić information content (AvgIpc) is 2.81. The molecule has 0 aliphatic carbocycles. The number of likely N-dealkylation sites (tertiary alicyclic amines) is 1. The quantitative estimate of drug-likeness (QED) is 0.853. The van der Waals surface area contributed by atoms with Crippen LogP contribution >= 0.6 is 11.6 Å². The molecule has 3 rings (SSSR count). The van der Waals surface area contributed by atoms with E-state index in [1.807, 2.05) is 42.5 Å². The molecule has 1 heterocycles. The maximum Gasteiger partial charge on any atom is 0.148 e. The van der Waals surface area contributed by atoms with Crippen molar-refractivity contribution < 1.29 is 4.79 Å². The minimum Gasteiger partial charge on any atom is -0.298 e. The molecule has 2 nitrogen and oxygen atoms in total. The Labute approximate surface area is 124 Å². The third-order valence-electron chi connectivity index (χ3n) is 3.72. The van der Waals surface area contributed by atoms with Crippen molar-refractivity contribution in [3.8, 4) is 0 Å². The van der Waals surface area contributed by atoms with E-state index in [-0.39, 0.29) is 6.04 Å². The summed E-state index contributed by atoms with van der Waals surface area (Å²) in [5, 5.41) is 0.729. The molecular weight excluding hydrogens is 270 g/mol. The summed E-state index contributed by atoms with van der Waals surface area (Å²) in [6, 6.07) is 18.3. The minimum atomic E-state index is 0.167. The number of nitrogens with zero attached hydrogens (tertiary/aromatic N) is 1. The summed E-state index contributed by atoms with van der Waals surface area (Å²) < 4.78 is 0. The van der Waals surface area contributed by atoms with Crippen molar-refractivity contribution in [2.24, 2.45) is 0 Å². The third kappa shape index (κ3) is 2.92. The Morgan fingerprint density at radius 2 is 1.75 bits per heavy atom. The molecule has 1 fully saturated rings. The van der Waals surface area contributed by atoms with Gasteiger partial charge in [0, 0.05) is 24.0 Å². The van der Waals surface area contributed by atoms with Gasteiger partial charge in [0.25, 0.3) is 0 Å². The van der Waals surface area contributed by atoms with Crippen LogP contribution in [-0.2, 0) is 11.3 Å². The zero-order valence-corrected chi connectivity index (χ0v) is 11.9. The fourth-order valence-corrected chi connectivity index (χ4v) is 2.87. The molecule has 0 amide bonds. The molecule has 3 heteroatoms. The minimum absolute atomic E-state index is 0.167. The zero-order chi connectivity index (χ0) is 13.9. The lowest BCUT2D eigenvalue weighted by Gasteiger charge is -2.24. The molecule has 0 aromatic heterocycles. The van der Waals surface area contributed by atoms with Crippen LogP contribution in [-0.4, -0.2) is 17.2 Å². The van der Waals surface area contributed by atoms with E-state index < -0.39 is 0 Å². The first-order valence-electron chi connectivity index (χ1n) is 6.77. The predicted molar refractivity (Wildman–Crippen MR) is 80.7 cm³/mol. The molecule has 0 saturated carbocycles. The van der Waals surface area contributed by atoms with Crippen LogP contribution < -0.4 is 0 Å². The van der Waals surface area contributed by atoms with Crippen LogP contribution in [0.4, 0.5) is 0 Å². The van der Waals surface area contributed by atoms with Gasteiger partial charge in [-0.2, -0.15) is 0 Å². The van der Waals surface area contributed by atoms with E-state index in [0.29, 0.717) is 18.7 Å². The summed E-state index contributed by atoms with van der Waals surface area (Å²) in [4.78, 5) is 14.1. The summed E-state index contributed by atoms with van der Waals surface area (Å²) in [6.07, 6.45) is 0.592. The molecule has 0 radical (unpaired) electrons. The van der Waals surface area contributed by atoms with Gasteiger partial charge in [0.05, 0.1) is 6.54 Å². The van der Waals surface area contributed by atoms with Gasteiger partial charge in [-0.05, 0) is 23.3 Å². The number of carbonyl (C=O) groups excluding carboxylic acids is 1. The zero-order valence-electron chi connectivity index (χ0n) is 11.1. The summed E-state index contributed by atoms with van der Waals surface area (Å²) in [7, 11) is 0. The van der Waals surface area contributed by atoms with Crippen LogP contribution in [0.3, 0.4) is 0 Å². The van der Waals surface area contributed by atoms with Gasteiger partial charge in [-0.1, -0.05) is 54.1 Å². The highest BCUT2D eigenvalue weighted by molar-refractivity contribution is 6.30. The van der Waals surface area contributed by atoms with E-state index in [1.165, 1.54) is 5.56 Å². The van der Waals surface area contributed by atoms with Gasteiger partial charge in [0.15, 0.2) is 0 Å². The van der Waals surface area contributed by atoms with Gasteiger partial charge in [-0.15, -0.1) is 0 Å². The van der Waals surface area contributed by atoms with E-state index in [0.717, 1.165) is 17.1 Å². The van der Waals surface area contributed by atoms with Gasteiger partial charge >= 0.3 is 0 Å². The summed E-state index contributed by atoms with van der Waals surface area (Å²) in [5.41, 5.74) is 2.40. The third-order valence-corrected chi connectivity index (χ3v) is 3.98. The molecule has 1 aliphatic rings. The van der Waals surface area contributed by atoms with Gasteiger partial charge in [0.1, 0.15) is 5.78 Å². The summed E-state index contributed by atoms with van der Waals surface area (Å²) >= 11 is 5.93. The van der Waals surface area contributed by atoms with Crippen LogP contribution in [0.15, 0.2) is 54.6 Å². The highest BCUT2D eigenvalue weighted by Crippen LogP contribution is 2.32. The number of carbonyl (C=O) groups is 1. The molecular formula is C17H16ClNO. The molecule has 2 aromatic carbocycles. The van der Waals surface area contributed by atoms with Crippen LogP contribution in [0.1, 0.15) is 23.6 Å². The number of benzene rings is 2. The smallest absolute Gasteiger partial charge is 0.148 e. The summed E-state index contributed by atoms with van der Waals surface area (Å²) in [5.74, 6) is 0.306. The van der Waals surface area contributed by atoms with Crippen molar-refractivity contribution in [2.45, 2.75) is 19.0 Å². The SMILES string of the molecule is O=C1CC(c2ccc(Cl)cc2)N(Cc2ccccc2)C1. The Bertz CT molecular complexity index is 594. The first-order valence-corrected chi connectivity index (χ1v) is 7.15. The largest absolute Gasteiger partial charge is 0.298 e. The number of ketones is 1. The Hall–Kier alpha value is -1.64. The molecule has 0 N–H and O–H groups in total. The molecule has 1 atom stereocenters. The van der Waals surface area contributed by atoms with E-state index in [1.54, 1.807) is 0 Å². The van der Waals surface area contributed by atoms with Crippen molar-refractivity contribution in [2.75, 3.05) is 6.54 Å². The first kappa shape index (κ1) is 13.3. The Morgan fingerprint density at radius 3 is 2.45 bits per heavy atom. The van der Waals surface area contributed by atoms with E-state index in [4.69, 9.17) is 11.6 Å². The second-order valence-corrected chi connectivity index (χ2v) is 5.64. The lowest BCUT2D eigenvalue weighted by atomic mass is 10.0. The van der Waals surface area contributed by atoms with E-state index >= 15 is 0 Å². The monoisotopic (exact) mass is 285 g/mol. The van der Waals surface area contributed by atoms with Crippen molar-refractivity contribution >= 4 is 17.4 Å². The Morgan fingerprint density at radius 1 is 1.05 bits per heavy atom. The Kier molecular flexibility index (Phi) is 3.86. The second kappa shape index (κ2) is 5.78. The second-order valence-electron chi connectivity index (χ2n) is 5.20. The van der Waals surface area contributed by atoms with Gasteiger partial charge < -0.3 is 0 Å². The number of halogens is 1. The Balaban J connectivity index is 1.81. The van der Waals surface area contributed by atoms with E-state index in [9.17, 15) is 4.79 Å². The lowest BCUT2D eigenvalue weighted by molar-refractivity contribution is -0.117. The maximum absolute atomic E-state index is 11.8. The summed E-state index contributed by atoms with van der Waals surface area (Å²) in [6.45, 7) is 1.34. The van der Waals surface area contributed by atoms with Crippen molar-refractivity contribution in [3.05, 3.63) is 70.7 Å². The fraction of sp³-hybridized carbons (Fsp3) is 0.235. The molecule has 2 aromatic rings. The topological polar surface area (TPSA) is 20.3 Å². The molecule has 1 aliphatic heterocycles. The van der Waals surface area contributed by atoms with E-state index in [2.05, 4.69) is 17.0 Å². The molecule has 0 bridgehead atoms. The molecule has 102 valence electrons. The molecule has 1 saturated heterocycles. The van der Waals surface area contributed by atoms with Crippen LogP contribution in [0.5, 0.6) is 0 Å². The lowest BCUT2D eigenvalue weighted by Crippen LogP contribution is -2.23. The standard InChI is InChI=1S/C17H16ClNO/c18-15-8-6-14(7-9-15)17-10-16(20)12-19(17)11-13-4-2-1-3-5-13/h1-9,17H,10-12H2. The van der Waals surface area contributed by atoms with Gasteiger partial charge in [-0.25, -0.2) is 0 Å². The van der Waals surface area contributed by atoms with Crippen LogP contribution in [0.25, 0.3) is 0 Å². The van der Waals surface area contributed by atoms with Crippen LogP contribution in [0.2, 0.25) is 5.02 Å². The number of hydrogen-bond donors (Lipinski definition) is 0. The average molecular weight is 286 g/mol. The molecule has 1 unspecified atom stereocenters. The van der Waals surface area contributed by atoms with Gasteiger partial charge in [0.2, 0.25) is 0 Å². The van der Waals surface area contributed by atoms with Gasteiger partial charge in [-0.3, -0.25) is 9.69 Å². The van der Waals surface area contributed by atoms with Crippen molar-refractivity contribution in [1.29, 1.82) is 0 Å². The fourth-order valence-electron chi connectivity index (χ4n) is 2.74. The highest BCUT2D eigenvalue weighted by Gasteiger charge is 2.31. The predicted octanol–water partition coefficient (Wildman–Crippen LogP) is 3.86.